The minimum atomic E-state index is -0.457. The van der Waals surface area contributed by atoms with Gasteiger partial charge < -0.3 is 8.98 Å². The summed E-state index contributed by atoms with van der Waals surface area (Å²) in [7, 11) is 0. The Morgan fingerprint density at radius 1 is 0.348 bits per heavy atom. The molecule has 0 aliphatic heterocycles. The third-order valence-electron chi connectivity index (χ3n) is 14.7. The standard InChI is InChI=1S/C64H38N4O/c1-3-17-39(18-4-1)44-27-16-32-56-58(44)50-34-33-42(38-57(50)69-56)63-66-61(40-19-5-2-6-20-40)65-62(67-63)41-21-15-22-43(37-41)68-55-31-14-10-25-47(55)48-35-36-54-59(60(48)68)49-26-9-13-30-53(49)64(54)51-28-11-7-23-45(51)46-24-8-12-29-52(46)64/h1-38H. The fourth-order valence-electron chi connectivity index (χ4n) is 11.9. The van der Waals surface area contributed by atoms with Crippen LogP contribution in [0.15, 0.2) is 235 Å². The van der Waals surface area contributed by atoms with Crippen LogP contribution in [0.25, 0.3) is 117 Å². The Labute approximate surface area is 397 Å². The quantitative estimate of drug-likeness (QED) is 0.173. The molecule has 2 aliphatic carbocycles. The normalized spacial score (nSPS) is 13.0. The Kier molecular flexibility index (Phi) is 7.93. The summed E-state index contributed by atoms with van der Waals surface area (Å²) in [6.07, 6.45) is 0. The van der Waals surface area contributed by atoms with Crippen molar-refractivity contribution in [3.63, 3.8) is 0 Å². The van der Waals surface area contributed by atoms with E-state index in [9.17, 15) is 0 Å². The lowest BCUT2D eigenvalue weighted by Crippen LogP contribution is -2.25. The first kappa shape index (κ1) is 38.0. The molecule has 13 aromatic rings. The van der Waals surface area contributed by atoms with E-state index in [1.165, 1.54) is 60.8 Å². The van der Waals surface area contributed by atoms with Gasteiger partial charge in [-0.25, -0.2) is 15.0 Å². The van der Waals surface area contributed by atoms with E-state index in [2.05, 4.69) is 205 Å². The van der Waals surface area contributed by atoms with Gasteiger partial charge in [0.25, 0.3) is 0 Å². The summed E-state index contributed by atoms with van der Waals surface area (Å²) in [5.41, 5.74) is 19.9. The van der Waals surface area contributed by atoms with E-state index < -0.39 is 5.41 Å². The number of para-hydroxylation sites is 1. The van der Waals surface area contributed by atoms with Gasteiger partial charge in [0.2, 0.25) is 0 Å². The minimum Gasteiger partial charge on any atom is -0.456 e. The Balaban J connectivity index is 0.938. The Morgan fingerprint density at radius 3 is 1.64 bits per heavy atom. The van der Waals surface area contributed by atoms with E-state index >= 15 is 0 Å². The highest BCUT2D eigenvalue weighted by Crippen LogP contribution is 2.64. The van der Waals surface area contributed by atoms with Crippen molar-refractivity contribution in [1.82, 2.24) is 19.5 Å². The van der Waals surface area contributed by atoms with Crippen LogP contribution < -0.4 is 0 Å². The van der Waals surface area contributed by atoms with E-state index in [4.69, 9.17) is 19.4 Å². The summed E-state index contributed by atoms with van der Waals surface area (Å²) < 4.78 is 9.05. The second-order valence-corrected chi connectivity index (χ2v) is 18.2. The van der Waals surface area contributed by atoms with Gasteiger partial charge in [-0.3, -0.25) is 0 Å². The lowest BCUT2D eigenvalue weighted by molar-refractivity contribution is 0.669. The van der Waals surface area contributed by atoms with Gasteiger partial charge in [0.05, 0.1) is 16.4 Å². The number of fused-ring (bicyclic) bond motifs is 17. The molecule has 0 bridgehead atoms. The molecule has 0 atom stereocenters. The first-order chi connectivity index (χ1) is 34.2. The molecular weight excluding hydrogens is 841 g/mol. The molecule has 320 valence electrons. The fraction of sp³-hybridized carbons (Fsp3) is 0.0156. The molecular formula is C64H38N4O. The summed E-state index contributed by atoms with van der Waals surface area (Å²) in [4.78, 5) is 15.6. The molecule has 3 heterocycles. The maximum Gasteiger partial charge on any atom is 0.164 e. The third kappa shape index (κ3) is 5.32. The maximum atomic E-state index is 6.58. The van der Waals surface area contributed by atoms with Crippen LogP contribution in [0.3, 0.4) is 0 Å². The lowest BCUT2D eigenvalue weighted by Gasteiger charge is -2.30. The highest BCUT2D eigenvalue weighted by atomic mass is 16.3. The van der Waals surface area contributed by atoms with Gasteiger partial charge in [0.15, 0.2) is 17.5 Å². The van der Waals surface area contributed by atoms with Crippen molar-refractivity contribution in [1.29, 1.82) is 0 Å². The average Bonchev–Trinajstić information content (AvgIpc) is 4.15. The maximum absolute atomic E-state index is 6.58. The van der Waals surface area contributed by atoms with Gasteiger partial charge in [-0.15, -0.1) is 0 Å². The third-order valence-corrected chi connectivity index (χ3v) is 14.7. The van der Waals surface area contributed by atoms with Crippen molar-refractivity contribution < 1.29 is 4.42 Å². The lowest BCUT2D eigenvalue weighted by atomic mass is 9.70. The summed E-state index contributed by atoms with van der Waals surface area (Å²) >= 11 is 0. The Hall–Kier alpha value is -9.19. The Bertz CT molecular complexity index is 4210. The van der Waals surface area contributed by atoms with E-state index in [0.29, 0.717) is 17.5 Å². The molecule has 1 spiro atoms. The number of hydrogen-bond donors (Lipinski definition) is 0. The number of rotatable bonds is 5. The number of benzene rings is 10. The molecule has 2 aliphatic rings. The zero-order valence-corrected chi connectivity index (χ0v) is 37.1. The van der Waals surface area contributed by atoms with Crippen LogP contribution >= 0.6 is 0 Å². The molecule has 0 amide bonds. The Morgan fingerprint density at radius 2 is 0.899 bits per heavy atom. The number of aromatic nitrogens is 4. The van der Waals surface area contributed by atoms with Crippen LogP contribution in [0, 0.1) is 0 Å². The van der Waals surface area contributed by atoms with E-state index in [1.54, 1.807) is 0 Å². The number of hydrogen-bond acceptors (Lipinski definition) is 4. The van der Waals surface area contributed by atoms with Crippen molar-refractivity contribution in [3.8, 4) is 73.2 Å². The van der Waals surface area contributed by atoms with Crippen molar-refractivity contribution in [2.75, 3.05) is 0 Å². The van der Waals surface area contributed by atoms with E-state index in [1.807, 2.05) is 30.3 Å². The van der Waals surface area contributed by atoms with Crippen molar-refractivity contribution in [3.05, 3.63) is 253 Å². The van der Waals surface area contributed by atoms with Crippen LogP contribution in [0.2, 0.25) is 0 Å². The largest absolute Gasteiger partial charge is 0.456 e. The van der Waals surface area contributed by atoms with Gasteiger partial charge >= 0.3 is 0 Å². The smallest absolute Gasteiger partial charge is 0.164 e. The van der Waals surface area contributed by atoms with Crippen LogP contribution in [0.1, 0.15) is 22.3 Å². The molecule has 0 saturated heterocycles. The highest BCUT2D eigenvalue weighted by molar-refractivity contribution is 6.17. The SMILES string of the molecule is c1ccc(-c2nc(-c3cccc(-n4c5ccccc5c5ccc6c(c54)-c4ccccc4C64c5ccccc5-c5ccccc54)c3)nc(-c3ccc4c(c3)oc3cccc(-c5ccccc5)c34)n2)cc1. The van der Waals surface area contributed by atoms with E-state index in [0.717, 1.165) is 61.0 Å². The summed E-state index contributed by atoms with van der Waals surface area (Å²) in [5.74, 6) is 1.76. The zero-order valence-electron chi connectivity index (χ0n) is 37.1. The van der Waals surface area contributed by atoms with Crippen LogP contribution in [-0.4, -0.2) is 19.5 Å². The van der Waals surface area contributed by atoms with Gasteiger partial charge in [-0.1, -0.05) is 194 Å². The van der Waals surface area contributed by atoms with Crippen molar-refractivity contribution >= 4 is 43.7 Å². The first-order valence-electron chi connectivity index (χ1n) is 23.5. The van der Waals surface area contributed by atoms with E-state index in [-0.39, 0.29) is 0 Å². The van der Waals surface area contributed by atoms with Gasteiger partial charge in [-0.05, 0) is 86.5 Å². The van der Waals surface area contributed by atoms with Gasteiger partial charge in [0.1, 0.15) is 11.2 Å². The molecule has 69 heavy (non-hydrogen) atoms. The predicted molar refractivity (Wildman–Crippen MR) is 279 cm³/mol. The first-order valence-corrected chi connectivity index (χ1v) is 23.5. The summed E-state index contributed by atoms with van der Waals surface area (Å²) in [6.45, 7) is 0. The molecule has 0 fully saturated rings. The monoisotopic (exact) mass is 878 g/mol. The summed E-state index contributed by atoms with van der Waals surface area (Å²) in [6, 6.07) is 82.6. The second kappa shape index (κ2) is 14.4. The number of furan rings is 1. The van der Waals surface area contributed by atoms with Crippen molar-refractivity contribution in [2.24, 2.45) is 0 Å². The summed E-state index contributed by atoms with van der Waals surface area (Å²) in [5, 5.41) is 4.56. The van der Waals surface area contributed by atoms with Gasteiger partial charge in [-0.2, -0.15) is 0 Å². The highest BCUT2D eigenvalue weighted by Gasteiger charge is 2.52. The predicted octanol–water partition coefficient (Wildman–Crippen LogP) is 15.9. The second-order valence-electron chi connectivity index (χ2n) is 18.2. The van der Waals surface area contributed by atoms with Crippen LogP contribution in [0.5, 0.6) is 0 Å². The molecule has 0 unspecified atom stereocenters. The fourth-order valence-corrected chi connectivity index (χ4v) is 11.9. The van der Waals surface area contributed by atoms with Crippen LogP contribution in [-0.2, 0) is 5.41 Å². The topological polar surface area (TPSA) is 56.7 Å². The zero-order chi connectivity index (χ0) is 45.2. The molecule has 5 nitrogen and oxygen atoms in total. The molecule has 10 aromatic carbocycles. The molecule has 15 rings (SSSR count). The number of nitrogens with zero attached hydrogens (tertiary/aromatic N) is 4. The molecule has 0 saturated carbocycles. The van der Waals surface area contributed by atoms with Gasteiger partial charge in [0, 0.05) is 49.5 Å². The molecule has 3 aromatic heterocycles. The van der Waals surface area contributed by atoms with Crippen molar-refractivity contribution in [2.45, 2.75) is 5.41 Å². The average molecular weight is 879 g/mol. The molecule has 5 heteroatoms. The molecule has 0 radical (unpaired) electrons. The minimum absolute atomic E-state index is 0.457. The molecule has 0 N–H and O–H groups in total. The van der Waals surface area contributed by atoms with Crippen LogP contribution in [0.4, 0.5) is 0 Å².